The van der Waals surface area contributed by atoms with Crippen molar-refractivity contribution in [2.75, 3.05) is 6.61 Å². The number of fused-ring (bicyclic) bond motifs is 1. The van der Waals surface area contributed by atoms with Crippen LogP contribution in [0.15, 0.2) is 23.0 Å². The summed E-state index contributed by atoms with van der Waals surface area (Å²) in [6.45, 7) is 8.48. The average molecular weight is 479 g/mol. The fraction of sp³-hybridized carbons (Fsp3) is 0.630. The second kappa shape index (κ2) is 10.6. The van der Waals surface area contributed by atoms with Crippen molar-refractivity contribution < 1.29 is 4.74 Å². The number of tetrazole rings is 1. The molecule has 1 saturated carbocycles. The summed E-state index contributed by atoms with van der Waals surface area (Å²) in [5.41, 5.74) is 4.06. The molecule has 5 rings (SSSR count). The van der Waals surface area contributed by atoms with E-state index in [0.717, 1.165) is 73.0 Å². The van der Waals surface area contributed by atoms with E-state index >= 15 is 0 Å². The highest BCUT2D eigenvalue weighted by Gasteiger charge is 2.33. The summed E-state index contributed by atoms with van der Waals surface area (Å²) in [5, 5.41) is 14.1. The first-order valence-electron chi connectivity index (χ1n) is 13.3. The van der Waals surface area contributed by atoms with Gasteiger partial charge in [0.25, 0.3) is 5.56 Å². The van der Waals surface area contributed by atoms with Crippen molar-refractivity contribution in [1.29, 1.82) is 0 Å². The Morgan fingerprint density at radius 2 is 2.00 bits per heavy atom. The molecule has 0 spiro atoms. The van der Waals surface area contributed by atoms with E-state index in [0.29, 0.717) is 19.1 Å². The molecule has 0 bridgehead atoms. The minimum Gasteiger partial charge on any atom is -0.376 e. The van der Waals surface area contributed by atoms with Crippen molar-refractivity contribution in [3.05, 3.63) is 51.1 Å². The Kier molecular flexibility index (Phi) is 7.29. The standard InChI is InChI=1S/C27H38N6O2/c1-4-8-24(26-29-30-31-33(26)17-23-11-7-12-35-23)32(22-9-5-6-10-22)16-21-15-20-14-18(2)13-19(3)25(20)28-27(21)34/h13-15,22-24H,4-12,16-17H2,1-3H3,(H,28,34)/t23-,24-/m0/s1. The van der Waals surface area contributed by atoms with Crippen LogP contribution < -0.4 is 5.56 Å². The minimum atomic E-state index is 0.00152. The molecule has 3 aromatic rings. The highest BCUT2D eigenvalue weighted by atomic mass is 16.5. The van der Waals surface area contributed by atoms with Gasteiger partial charge in [-0.2, -0.15) is 0 Å². The minimum absolute atomic E-state index is 0.00152. The first-order valence-corrected chi connectivity index (χ1v) is 13.3. The Bertz CT molecular complexity index is 1210. The third-order valence-corrected chi connectivity index (χ3v) is 7.74. The zero-order valence-corrected chi connectivity index (χ0v) is 21.3. The van der Waals surface area contributed by atoms with Crippen LogP contribution in [0.1, 0.15) is 86.8 Å². The van der Waals surface area contributed by atoms with Crippen molar-refractivity contribution in [1.82, 2.24) is 30.1 Å². The summed E-state index contributed by atoms with van der Waals surface area (Å²) in [5.74, 6) is 0.901. The molecule has 8 heteroatoms. The van der Waals surface area contributed by atoms with Crippen LogP contribution in [-0.4, -0.2) is 48.8 Å². The van der Waals surface area contributed by atoms with Gasteiger partial charge in [-0.3, -0.25) is 9.69 Å². The van der Waals surface area contributed by atoms with Gasteiger partial charge in [-0.15, -0.1) is 5.10 Å². The predicted molar refractivity (Wildman–Crippen MR) is 136 cm³/mol. The molecule has 3 heterocycles. The number of aryl methyl sites for hydroxylation is 2. The van der Waals surface area contributed by atoms with Crippen LogP contribution in [0.3, 0.4) is 0 Å². The Morgan fingerprint density at radius 3 is 2.74 bits per heavy atom. The van der Waals surface area contributed by atoms with Crippen molar-refractivity contribution in [3.8, 4) is 0 Å². The molecular weight excluding hydrogens is 440 g/mol. The maximum Gasteiger partial charge on any atom is 0.252 e. The first kappa shape index (κ1) is 24.1. The number of H-pyrrole nitrogens is 1. The zero-order chi connectivity index (χ0) is 24.4. The van der Waals surface area contributed by atoms with Gasteiger partial charge in [-0.05, 0) is 79.5 Å². The van der Waals surface area contributed by atoms with E-state index in [9.17, 15) is 4.79 Å². The third kappa shape index (κ3) is 5.19. The SMILES string of the molecule is CCC[C@@H](c1nnnn1C[C@@H]1CCCO1)N(Cc1cc2cc(C)cc(C)c2[nH]c1=O)C1CCCC1. The number of nitrogens with zero attached hydrogens (tertiary/aromatic N) is 5. The summed E-state index contributed by atoms with van der Waals surface area (Å²) in [4.78, 5) is 18.9. The average Bonchev–Trinajstić information content (AvgIpc) is 3.61. The maximum atomic E-state index is 13.2. The van der Waals surface area contributed by atoms with Gasteiger partial charge >= 0.3 is 0 Å². The summed E-state index contributed by atoms with van der Waals surface area (Å²) >= 11 is 0. The molecule has 2 aliphatic rings. The number of hydrogen-bond donors (Lipinski definition) is 1. The maximum absolute atomic E-state index is 13.2. The van der Waals surface area contributed by atoms with Crippen LogP contribution in [0.2, 0.25) is 0 Å². The Balaban J connectivity index is 1.51. The quantitative estimate of drug-likeness (QED) is 0.484. The van der Waals surface area contributed by atoms with Gasteiger partial charge in [0.15, 0.2) is 5.82 Å². The van der Waals surface area contributed by atoms with Gasteiger partial charge in [0.05, 0.1) is 24.2 Å². The summed E-state index contributed by atoms with van der Waals surface area (Å²) in [7, 11) is 0. The lowest BCUT2D eigenvalue weighted by atomic mass is 10.0. The van der Waals surface area contributed by atoms with Crippen LogP contribution in [0, 0.1) is 13.8 Å². The van der Waals surface area contributed by atoms with E-state index in [1.165, 1.54) is 18.4 Å². The molecule has 188 valence electrons. The van der Waals surface area contributed by atoms with E-state index in [2.05, 4.69) is 64.4 Å². The van der Waals surface area contributed by atoms with E-state index in [1.54, 1.807) is 0 Å². The molecule has 1 aromatic carbocycles. The van der Waals surface area contributed by atoms with Crippen molar-refractivity contribution in [3.63, 3.8) is 0 Å². The monoisotopic (exact) mass is 478 g/mol. The summed E-state index contributed by atoms with van der Waals surface area (Å²) in [6.07, 6.45) is 9.05. The number of nitrogens with one attached hydrogen (secondary N) is 1. The third-order valence-electron chi connectivity index (χ3n) is 7.74. The van der Waals surface area contributed by atoms with Gasteiger partial charge in [-0.25, -0.2) is 4.68 Å². The fourth-order valence-electron chi connectivity index (χ4n) is 6.05. The van der Waals surface area contributed by atoms with E-state index in [1.807, 2.05) is 4.68 Å². The number of pyridine rings is 1. The molecule has 1 aliphatic carbocycles. The Labute approximate surface area is 207 Å². The smallest absolute Gasteiger partial charge is 0.252 e. The molecular formula is C27H38N6O2. The molecule has 35 heavy (non-hydrogen) atoms. The topological polar surface area (TPSA) is 88.9 Å². The summed E-state index contributed by atoms with van der Waals surface area (Å²) < 4.78 is 7.83. The first-order chi connectivity index (χ1) is 17.0. The molecule has 2 fully saturated rings. The fourth-order valence-corrected chi connectivity index (χ4v) is 6.05. The van der Waals surface area contributed by atoms with Gasteiger partial charge in [0.2, 0.25) is 0 Å². The number of benzene rings is 1. The molecule has 0 unspecified atom stereocenters. The van der Waals surface area contributed by atoms with Crippen LogP contribution in [0.5, 0.6) is 0 Å². The number of aromatic amines is 1. The number of hydrogen-bond acceptors (Lipinski definition) is 6. The molecule has 2 atom stereocenters. The van der Waals surface area contributed by atoms with Crippen molar-refractivity contribution in [2.24, 2.45) is 0 Å². The van der Waals surface area contributed by atoms with Crippen LogP contribution >= 0.6 is 0 Å². The molecule has 0 amide bonds. The second-order valence-electron chi connectivity index (χ2n) is 10.4. The number of aromatic nitrogens is 5. The molecule has 2 aromatic heterocycles. The normalized spacial score (nSPS) is 19.8. The second-order valence-corrected chi connectivity index (χ2v) is 10.4. The van der Waals surface area contributed by atoms with E-state index in [4.69, 9.17) is 4.74 Å². The van der Waals surface area contributed by atoms with Crippen molar-refractivity contribution in [2.45, 2.75) is 103 Å². The highest BCUT2D eigenvalue weighted by molar-refractivity contribution is 5.82. The Hall–Kier alpha value is -2.58. The van der Waals surface area contributed by atoms with Crippen LogP contribution in [0.4, 0.5) is 0 Å². The zero-order valence-electron chi connectivity index (χ0n) is 21.3. The van der Waals surface area contributed by atoms with Crippen LogP contribution in [0.25, 0.3) is 10.9 Å². The highest BCUT2D eigenvalue weighted by Crippen LogP contribution is 2.34. The van der Waals surface area contributed by atoms with Gasteiger partial charge < -0.3 is 9.72 Å². The van der Waals surface area contributed by atoms with E-state index < -0.39 is 0 Å². The van der Waals surface area contributed by atoms with E-state index in [-0.39, 0.29) is 17.7 Å². The van der Waals surface area contributed by atoms with Gasteiger partial charge in [-0.1, -0.05) is 37.8 Å². The Morgan fingerprint density at radius 1 is 1.17 bits per heavy atom. The molecule has 1 N–H and O–H groups in total. The molecule has 8 nitrogen and oxygen atoms in total. The van der Waals surface area contributed by atoms with Gasteiger partial charge in [0, 0.05) is 24.8 Å². The molecule has 1 saturated heterocycles. The lowest BCUT2D eigenvalue weighted by Crippen LogP contribution is -2.39. The number of rotatable bonds is 9. The number of ether oxygens (including phenoxy) is 1. The van der Waals surface area contributed by atoms with Crippen molar-refractivity contribution >= 4 is 10.9 Å². The predicted octanol–water partition coefficient (Wildman–Crippen LogP) is 4.60. The molecule has 0 radical (unpaired) electrons. The largest absolute Gasteiger partial charge is 0.376 e. The summed E-state index contributed by atoms with van der Waals surface area (Å²) in [6, 6.07) is 6.86. The van der Waals surface area contributed by atoms with Gasteiger partial charge in [0.1, 0.15) is 0 Å². The lowest BCUT2D eigenvalue weighted by molar-refractivity contribution is 0.0828. The lowest BCUT2D eigenvalue weighted by Gasteiger charge is -2.36. The molecule has 1 aliphatic heterocycles. The van der Waals surface area contributed by atoms with Crippen LogP contribution in [-0.2, 0) is 17.8 Å².